The Morgan fingerprint density at radius 2 is 1.95 bits per heavy atom. The zero-order valence-electron chi connectivity index (χ0n) is 10.0. The van der Waals surface area contributed by atoms with Gasteiger partial charge in [-0.25, -0.2) is 4.39 Å². The van der Waals surface area contributed by atoms with Gasteiger partial charge in [0.2, 0.25) is 0 Å². The van der Waals surface area contributed by atoms with Crippen LogP contribution in [0.15, 0.2) is 36.4 Å². The van der Waals surface area contributed by atoms with Crippen molar-refractivity contribution in [1.82, 2.24) is 0 Å². The van der Waals surface area contributed by atoms with Crippen LogP contribution in [0.5, 0.6) is 5.75 Å². The molecule has 2 rings (SSSR count). The zero-order chi connectivity index (χ0) is 14.0. The molecule has 100 valence electrons. The summed E-state index contributed by atoms with van der Waals surface area (Å²) in [5, 5.41) is 10.9. The summed E-state index contributed by atoms with van der Waals surface area (Å²) >= 11 is 11.8. The average Bonchev–Trinajstić information content (AvgIpc) is 2.38. The number of halogens is 3. The minimum atomic E-state index is -1.25. The standard InChI is InChI=1S/C14H11Cl2FO2/c1-19-12-6-5-8(15)7-9(12)14(18)13-10(16)3-2-4-11(13)17/h2-7,14,18H,1H3. The van der Waals surface area contributed by atoms with E-state index >= 15 is 0 Å². The molecule has 0 saturated heterocycles. The molecular formula is C14H11Cl2FO2. The van der Waals surface area contributed by atoms with Gasteiger partial charge >= 0.3 is 0 Å². The van der Waals surface area contributed by atoms with Crippen LogP contribution < -0.4 is 4.74 Å². The monoisotopic (exact) mass is 300 g/mol. The van der Waals surface area contributed by atoms with Gasteiger partial charge in [0.15, 0.2) is 0 Å². The lowest BCUT2D eigenvalue weighted by atomic mass is 10.00. The molecule has 0 aliphatic rings. The number of aliphatic hydroxyl groups excluding tert-OH is 1. The quantitative estimate of drug-likeness (QED) is 0.919. The summed E-state index contributed by atoms with van der Waals surface area (Å²) in [7, 11) is 1.46. The van der Waals surface area contributed by atoms with E-state index in [-0.39, 0.29) is 10.6 Å². The van der Waals surface area contributed by atoms with Gasteiger partial charge in [-0.2, -0.15) is 0 Å². The van der Waals surface area contributed by atoms with Crippen molar-refractivity contribution in [2.75, 3.05) is 7.11 Å². The minimum absolute atomic E-state index is 0.00438. The number of benzene rings is 2. The maximum absolute atomic E-state index is 13.8. The lowest BCUT2D eigenvalue weighted by molar-refractivity contribution is 0.209. The molecule has 0 saturated carbocycles. The predicted octanol–water partition coefficient (Wildman–Crippen LogP) is 4.22. The van der Waals surface area contributed by atoms with Gasteiger partial charge in [-0.1, -0.05) is 29.3 Å². The fourth-order valence-corrected chi connectivity index (χ4v) is 2.29. The van der Waals surface area contributed by atoms with Gasteiger partial charge in [0, 0.05) is 21.2 Å². The number of aliphatic hydroxyl groups is 1. The van der Waals surface area contributed by atoms with Crippen LogP contribution in [-0.4, -0.2) is 12.2 Å². The predicted molar refractivity (Wildman–Crippen MR) is 73.5 cm³/mol. The first kappa shape index (κ1) is 14.1. The molecule has 1 unspecified atom stereocenters. The molecule has 2 aromatic rings. The molecule has 1 atom stereocenters. The van der Waals surface area contributed by atoms with Crippen molar-refractivity contribution in [3.8, 4) is 5.75 Å². The second-order valence-corrected chi connectivity index (χ2v) is 4.77. The van der Waals surface area contributed by atoms with E-state index in [2.05, 4.69) is 0 Å². The lowest BCUT2D eigenvalue weighted by Crippen LogP contribution is -2.05. The smallest absolute Gasteiger partial charge is 0.130 e. The highest BCUT2D eigenvalue weighted by atomic mass is 35.5. The van der Waals surface area contributed by atoms with Gasteiger partial charge in [0.25, 0.3) is 0 Å². The SMILES string of the molecule is COc1ccc(Cl)cc1C(O)c1c(F)cccc1Cl. The van der Waals surface area contributed by atoms with Crippen LogP contribution in [-0.2, 0) is 0 Å². The molecule has 0 aliphatic carbocycles. The molecule has 0 fully saturated rings. The van der Waals surface area contributed by atoms with E-state index in [0.717, 1.165) is 0 Å². The summed E-state index contributed by atoms with van der Waals surface area (Å²) < 4.78 is 18.9. The Kier molecular flexibility index (Phi) is 4.30. The van der Waals surface area contributed by atoms with Crippen LogP contribution in [0.2, 0.25) is 10.0 Å². The van der Waals surface area contributed by atoms with Crippen molar-refractivity contribution in [2.45, 2.75) is 6.10 Å². The molecular weight excluding hydrogens is 290 g/mol. The molecule has 19 heavy (non-hydrogen) atoms. The number of hydrogen-bond donors (Lipinski definition) is 1. The maximum atomic E-state index is 13.8. The molecule has 0 aromatic heterocycles. The minimum Gasteiger partial charge on any atom is -0.496 e. The van der Waals surface area contributed by atoms with Gasteiger partial charge in [0.1, 0.15) is 17.7 Å². The highest BCUT2D eigenvalue weighted by Gasteiger charge is 2.21. The molecule has 1 N–H and O–H groups in total. The summed E-state index contributed by atoms with van der Waals surface area (Å²) in [5.41, 5.74) is 0.367. The average molecular weight is 301 g/mol. The Morgan fingerprint density at radius 3 is 2.58 bits per heavy atom. The largest absolute Gasteiger partial charge is 0.496 e. The Morgan fingerprint density at radius 1 is 1.21 bits per heavy atom. The van der Waals surface area contributed by atoms with Crippen LogP contribution in [0.25, 0.3) is 0 Å². The van der Waals surface area contributed by atoms with E-state index in [9.17, 15) is 9.50 Å². The first-order valence-electron chi connectivity index (χ1n) is 5.50. The fourth-order valence-electron chi connectivity index (χ4n) is 1.85. The van der Waals surface area contributed by atoms with E-state index < -0.39 is 11.9 Å². The Labute approximate surface area is 120 Å². The van der Waals surface area contributed by atoms with Crippen molar-refractivity contribution >= 4 is 23.2 Å². The van der Waals surface area contributed by atoms with Crippen molar-refractivity contribution < 1.29 is 14.2 Å². The number of methoxy groups -OCH3 is 1. The van der Waals surface area contributed by atoms with E-state index in [1.165, 1.54) is 31.4 Å². The van der Waals surface area contributed by atoms with Gasteiger partial charge in [-0.3, -0.25) is 0 Å². The fraction of sp³-hybridized carbons (Fsp3) is 0.143. The van der Waals surface area contributed by atoms with Gasteiger partial charge in [-0.15, -0.1) is 0 Å². The van der Waals surface area contributed by atoms with Crippen molar-refractivity contribution in [3.63, 3.8) is 0 Å². The number of hydrogen-bond acceptors (Lipinski definition) is 2. The highest BCUT2D eigenvalue weighted by molar-refractivity contribution is 6.31. The summed E-state index contributed by atoms with van der Waals surface area (Å²) in [6.07, 6.45) is -1.25. The van der Waals surface area contributed by atoms with Gasteiger partial charge in [-0.05, 0) is 30.3 Å². The van der Waals surface area contributed by atoms with Crippen LogP contribution in [0.3, 0.4) is 0 Å². The first-order valence-corrected chi connectivity index (χ1v) is 6.25. The number of ether oxygens (including phenoxy) is 1. The normalized spacial score (nSPS) is 12.3. The molecule has 0 bridgehead atoms. The second-order valence-electron chi connectivity index (χ2n) is 3.92. The van der Waals surface area contributed by atoms with Crippen molar-refractivity contribution in [1.29, 1.82) is 0 Å². The summed E-state index contributed by atoms with van der Waals surface area (Å²) in [6, 6.07) is 8.98. The Hall–Kier alpha value is -1.29. The third-order valence-corrected chi connectivity index (χ3v) is 3.32. The van der Waals surface area contributed by atoms with Crippen LogP contribution in [0.1, 0.15) is 17.2 Å². The van der Waals surface area contributed by atoms with E-state index in [4.69, 9.17) is 27.9 Å². The van der Waals surface area contributed by atoms with E-state index in [1.54, 1.807) is 12.1 Å². The molecule has 0 spiro atoms. The van der Waals surface area contributed by atoms with Gasteiger partial charge < -0.3 is 9.84 Å². The van der Waals surface area contributed by atoms with Gasteiger partial charge in [0.05, 0.1) is 7.11 Å². The van der Waals surface area contributed by atoms with Crippen LogP contribution in [0.4, 0.5) is 4.39 Å². The Bertz CT molecular complexity index is 582. The van der Waals surface area contributed by atoms with Crippen LogP contribution in [0, 0.1) is 5.82 Å². The third kappa shape index (κ3) is 2.84. The summed E-state index contributed by atoms with van der Waals surface area (Å²) in [6.45, 7) is 0. The third-order valence-electron chi connectivity index (χ3n) is 2.76. The first-order chi connectivity index (χ1) is 9.04. The van der Waals surface area contributed by atoms with E-state index in [1.807, 2.05) is 0 Å². The molecule has 0 aliphatic heterocycles. The zero-order valence-corrected chi connectivity index (χ0v) is 11.5. The molecule has 2 nitrogen and oxygen atoms in total. The lowest BCUT2D eigenvalue weighted by Gasteiger charge is -2.17. The summed E-state index contributed by atoms with van der Waals surface area (Å²) in [5.74, 6) is -0.168. The van der Waals surface area contributed by atoms with Crippen molar-refractivity contribution in [2.24, 2.45) is 0 Å². The Balaban J connectivity index is 2.55. The van der Waals surface area contributed by atoms with E-state index in [0.29, 0.717) is 16.3 Å². The molecule has 5 heteroatoms. The highest BCUT2D eigenvalue weighted by Crippen LogP contribution is 2.36. The molecule has 0 heterocycles. The topological polar surface area (TPSA) is 29.5 Å². The van der Waals surface area contributed by atoms with Crippen molar-refractivity contribution in [3.05, 3.63) is 63.4 Å². The number of rotatable bonds is 3. The maximum Gasteiger partial charge on any atom is 0.130 e. The second kappa shape index (κ2) is 5.78. The summed E-state index contributed by atoms with van der Waals surface area (Å²) in [4.78, 5) is 0. The molecule has 2 aromatic carbocycles. The molecule has 0 amide bonds. The molecule has 0 radical (unpaired) electrons. The van der Waals surface area contributed by atoms with Crippen LogP contribution >= 0.6 is 23.2 Å².